The maximum atomic E-state index is 8.65. The molecule has 3 nitrogen and oxygen atoms in total. The van der Waals surface area contributed by atoms with Crippen LogP contribution in [-0.4, -0.2) is 23.2 Å². The van der Waals surface area contributed by atoms with E-state index in [1.165, 1.54) is 0 Å². The van der Waals surface area contributed by atoms with Crippen LogP contribution < -0.4 is 5.32 Å². The van der Waals surface area contributed by atoms with Gasteiger partial charge in [-0.3, -0.25) is 0 Å². The SMILES string of the molecule is CC(C)(NCCO)c1nccs1. The fraction of sp³-hybridized carbons (Fsp3) is 0.625. The highest BCUT2D eigenvalue weighted by Gasteiger charge is 2.21. The number of hydrogen-bond acceptors (Lipinski definition) is 4. The van der Waals surface area contributed by atoms with Gasteiger partial charge in [-0.25, -0.2) is 4.98 Å². The van der Waals surface area contributed by atoms with Gasteiger partial charge in [-0.15, -0.1) is 11.3 Å². The lowest BCUT2D eigenvalue weighted by atomic mass is 10.1. The van der Waals surface area contributed by atoms with Gasteiger partial charge in [0.15, 0.2) is 0 Å². The van der Waals surface area contributed by atoms with Crippen molar-refractivity contribution in [2.75, 3.05) is 13.2 Å². The number of aliphatic hydroxyl groups is 1. The van der Waals surface area contributed by atoms with Crippen molar-refractivity contribution in [1.82, 2.24) is 10.3 Å². The summed E-state index contributed by atoms with van der Waals surface area (Å²) in [5.74, 6) is 0. The third-order valence-electron chi connectivity index (χ3n) is 1.65. The van der Waals surface area contributed by atoms with Crippen molar-refractivity contribution in [3.63, 3.8) is 0 Å². The van der Waals surface area contributed by atoms with E-state index in [1.54, 1.807) is 17.5 Å². The van der Waals surface area contributed by atoms with Gasteiger partial charge in [0.2, 0.25) is 0 Å². The molecule has 4 heteroatoms. The van der Waals surface area contributed by atoms with Crippen molar-refractivity contribution >= 4 is 11.3 Å². The number of nitrogens with zero attached hydrogens (tertiary/aromatic N) is 1. The molecule has 2 N–H and O–H groups in total. The Morgan fingerprint density at radius 1 is 1.67 bits per heavy atom. The molecule has 0 fully saturated rings. The highest BCUT2D eigenvalue weighted by atomic mass is 32.1. The molecule has 0 aliphatic carbocycles. The van der Waals surface area contributed by atoms with Crippen LogP contribution in [0.1, 0.15) is 18.9 Å². The van der Waals surface area contributed by atoms with Gasteiger partial charge in [0.05, 0.1) is 12.1 Å². The lowest BCUT2D eigenvalue weighted by Crippen LogP contribution is -2.38. The Morgan fingerprint density at radius 2 is 2.42 bits per heavy atom. The van der Waals surface area contributed by atoms with Gasteiger partial charge in [-0.2, -0.15) is 0 Å². The quantitative estimate of drug-likeness (QED) is 0.736. The number of hydrogen-bond donors (Lipinski definition) is 2. The first-order valence-electron chi connectivity index (χ1n) is 3.92. The highest BCUT2D eigenvalue weighted by molar-refractivity contribution is 7.09. The number of nitrogens with one attached hydrogen (secondary N) is 1. The van der Waals surface area contributed by atoms with E-state index in [1.807, 2.05) is 5.38 Å². The van der Waals surface area contributed by atoms with Crippen LogP contribution in [0.2, 0.25) is 0 Å². The van der Waals surface area contributed by atoms with E-state index in [9.17, 15) is 0 Å². The van der Waals surface area contributed by atoms with Crippen molar-refractivity contribution < 1.29 is 5.11 Å². The lowest BCUT2D eigenvalue weighted by Gasteiger charge is -2.23. The first kappa shape index (κ1) is 9.64. The van der Waals surface area contributed by atoms with E-state index >= 15 is 0 Å². The van der Waals surface area contributed by atoms with Crippen LogP contribution in [0.3, 0.4) is 0 Å². The minimum atomic E-state index is -0.128. The second kappa shape index (κ2) is 3.98. The standard InChI is InChI=1S/C8H14N2OS/c1-8(2,10-3-5-11)7-9-4-6-12-7/h4,6,10-11H,3,5H2,1-2H3. The summed E-state index contributed by atoms with van der Waals surface area (Å²) in [7, 11) is 0. The topological polar surface area (TPSA) is 45.1 Å². The maximum Gasteiger partial charge on any atom is 0.112 e. The monoisotopic (exact) mass is 186 g/mol. The molecule has 0 aliphatic heterocycles. The van der Waals surface area contributed by atoms with Gasteiger partial charge in [-0.1, -0.05) is 0 Å². The molecule has 1 aromatic heterocycles. The Morgan fingerprint density at radius 3 is 2.92 bits per heavy atom. The molecule has 0 bridgehead atoms. The second-order valence-electron chi connectivity index (χ2n) is 3.11. The molecule has 0 atom stereocenters. The molecule has 0 saturated heterocycles. The van der Waals surface area contributed by atoms with Crippen LogP contribution in [0.5, 0.6) is 0 Å². The molecule has 0 aromatic carbocycles. The van der Waals surface area contributed by atoms with Crippen LogP contribution >= 0.6 is 11.3 Å². The molecule has 0 unspecified atom stereocenters. The van der Waals surface area contributed by atoms with Crippen molar-refractivity contribution in [3.8, 4) is 0 Å². The first-order chi connectivity index (χ1) is 5.67. The molecule has 1 aromatic rings. The summed E-state index contributed by atoms with van der Waals surface area (Å²) in [5, 5.41) is 14.9. The van der Waals surface area contributed by atoms with E-state index in [0.717, 1.165) is 5.01 Å². The van der Waals surface area contributed by atoms with Crippen LogP contribution in [0, 0.1) is 0 Å². The molecular weight excluding hydrogens is 172 g/mol. The average Bonchev–Trinajstić information content (AvgIpc) is 2.53. The van der Waals surface area contributed by atoms with Crippen LogP contribution in [0.4, 0.5) is 0 Å². The summed E-state index contributed by atoms with van der Waals surface area (Å²) in [6.07, 6.45) is 1.79. The van der Waals surface area contributed by atoms with Crippen molar-refractivity contribution in [2.45, 2.75) is 19.4 Å². The summed E-state index contributed by atoms with van der Waals surface area (Å²) in [6, 6.07) is 0. The van der Waals surface area contributed by atoms with Gasteiger partial charge in [-0.05, 0) is 13.8 Å². The van der Waals surface area contributed by atoms with E-state index < -0.39 is 0 Å². The third-order valence-corrected chi connectivity index (χ3v) is 2.74. The zero-order valence-corrected chi connectivity index (χ0v) is 8.19. The van der Waals surface area contributed by atoms with Crippen molar-refractivity contribution in [2.24, 2.45) is 0 Å². The smallest absolute Gasteiger partial charge is 0.112 e. The van der Waals surface area contributed by atoms with Gasteiger partial charge in [0.25, 0.3) is 0 Å². The van der Waals surface area contributed by atoms with Gasteiger partial charge in [0.1, 0.15) is 5.01 Å². The molecule has 0 saturated carbocycles. The van der Waals surface area contributed by atoms with Gasteiger partial charge in [0, 0.05) is 18.1 Å². The highest BCUT2D eigenvalue weighted by Crippen LogP contribution is 2.21. The number of aliphatic hydroxyl groups excluding tert-OH is 1. The molecule has 68 valence electrons. The second-order valence-corrected chi connectivity index (χ2v) is 4.01. The Kier molecular flexibility index (Phi) is 3.20. The fourth-order valence-electron chi connectivity index (χ4n) is 0.976. The zero-order valence-electron chi connectivity index (χ0n) is 7.37. The summed E-state index contributed by atoms with van der Waals surface area (Å²) in [5.41, 5.74) is -0.128. The maximum absolute atomic E-state index is 8.65. The van der Waals surface area contributed by atoms with E-state index in [2.05, 4.69) is 24.1 Å². The molecule has 0 amide bonds. The Labute approximate surface area is 76.5 Å². The first-order valence-corrected chi connectivity index (χ1v) is 4.80. The van der Waals surface area contributed by atoms with Crippen LogP contribution in [-0.2, 0) is 5.54 Å². The van der Waals surface area contributed by atoms with Gasteiger partial charge >= 0.3 is 0 Å². The molecular formula is C8H14N2OS. The van der Waals surface area contributed by atoms with E-state index in [4.69, 9.17) is 5.11 Å². The summed E-state index contributed by atoms with van der Waals surface area (Å²) in [4.78, 5) is 4.22. The predicted molar refractivity (Wildman–Crippen MR) is 50.2 cm³/mol. The van der Waals surface area contributed by atoms with Crippen LogP contribution in [0.15, 0.2) is 11.6 Å². The average molecular weight is 186 g/mol. The number of aromatic nitrogens is 1. The lowest BCUT2D eigenvalue weighted by molar-refractivity contribution is 0.267. The summed E-state index contributed by atoms with van der Waals surface area (Å²) < 4.78 is 0. The van der Waals surface area contributed by atoms with Crippen LogP contribution in [0.25, 0.3) is 0 Å². The Bertz CT molecular complexity index is 221. The fourth-order valence-corrected chi connectivity index (χ4v) is 1.72. The molecule has 12 heavy (non-hydrogen) atoms. The third kappa shape index (κ3) is 2.27. The van der Waals surface area contributed by atoms with Crippen molar-refractivity contribution in [1.29, 1.82) is 0 Å². The van der Waals surface area contributed by atoms with Crippen molar-refractivity contribution in [3.05, 3.63) is 16.6 Å². The Hall–Kier alpha value is -0.450. The molecule has 0 radical (unpaired) electrons. The summed E-state index contributed by atoms with van der Waals surface area (Å²) in [6.45, 7) is 4.88. The molecule has 0 spiro atoms. The number of rotatable bonds is 4. The molecule has 0 aliphatic rings. The minimum absolute atomic E-state index is 0.128. The summed E-state index contributed by atoms with van der Waals surface area (Å²) >= 11 is 1.63. The Balaban J connectivity index is 2.59. The van der Waals surface area contributed by atoms with E-state index in [-0.39, 0.29) is 12.1 Å². The van der Waals surface area contributed by atoms with Gasteiger partial charge < -0.3 is 10.4 Å². The largest absolute Gasteiger partial charge is 0.395 e. The predicted octanol–water partition coefficient (Wildman–Crippen LogP) is 0.960. The number of thiazole rings is 1. The molecule has 1 heterocycles. The minimum Gasteiger partial charge on any atom is -0.395 e. The normalized spacial score (nSPS) is 11.9. The zero-order chi connectivity index (χ0) is 9.03. The van der Waals surface area contributed by atoms with E-state index in [0.29, 0.717) is 6.54 Å². The molecule has 1 rings (SSSR count).